The molecule has 1 aromatic carbocycles. The number of rotatable bonds is 6. The molecule has 0 atom stereocenters. The quantitative estimate of drug-likeness (QED) is 0.860. The number of pyridine rings is 1. The van der Waals surface area contributed by atoms with E-state index in [9.17, 15) is 18.0 Å². The van der Waals surface area contributed by atoms with E-state index in [0.29, 0.717) is 17.2 Å². The van der Waals surface area contributed by atoms with Gasteiger partial charge in [0.2, 0.25) is 5.88 Å². The van der Waals surface area contributed by atoms with Gasteiger partial charge in [-0.15, -0.1) is 0 Å². The van der Waals surface area contributed by atoms with Crippen molar-refractivity contribution in [3.63, 3.8) is 0 Å². The zero-order chi connectivity index (χ0) is 18.4. The zero-order valence-electron chi connectivity index (χ0n) is 13.4. The molecule has 0 aliphatic rings. The van der Waals surface area contributed by atoms with Crippen LogP contribution in [0.25, 0.3) is 0 Å². The molecule has 9 heteroatoms. The minimum Gasteiger partial charge on any atom is -0.493 e. The number of anilines is 1. The third-order valence-electron chi connectivity index (χ3n) is 3.03. The van der Waals surface area contributed by atoms with Crippen molar-refractivity contribution < 1.29 is 32.2 Å². The predicted molar refractivity (Wildman–Crippen MR) is 83.3 cm³/mol. The number of hydrogen-bond donors (Lipinski definition) is 1. The van der Waals surface area contributed by atoms with Gasteiger partial charge in [0.05, 0.1) is 14.2 Å². The van der Waals surface area contributed by atoms with Gasteiger partial charge in [0.1, 0.15) is 5.56 Å². The van der Waals surface area contributed by atoms with Gasteiger partial charge in [0, 0.05) is 18.0 Å². The first kappa shape index (κ1) is 18.4. The molecular formula is C16H15F3N2O4. The highest BCUT2D eigenvalue weighted by Crippen LogP contribution is 2.30. The zero-order valence-corrected chi connectivity index (χ0v) is 13.4. The summed E-state index contributed by atoms with van der Waals surface area (Å²) in [6, 6.07) is 7.40. The first-order valence-corrected chi connectivity index (χ1v) is 7.02. The number of benzene rings is 1. The first-order valence-electron chi connectivity index (χ1n) is 7.02. The van der Waals surface area contributed by atoms with Crippen molar-refractivity contribution in [2.45, 2.75) is 6.18 Å². The van der Waals surface area contributed by atoms with Gasteiger partial charge in [0.15, 0.2) is 18.1 Å². The molecule has 1 N–H and O–H groups in total. The molecule has 0 saturated heterocycles. The molecule has 0 spiro atoms. The lowest BCUT2D eigenvalue weighted by Crippen LogP contribution is -2.22. The molecule has 0 aliphatic heterocycles. The summed E-state index contributed by atoms with van der Waals surface area (Å²) in [4.78, 5) is 16.0. The van der Waals surface area contributed by atoms with Crippen molar-refractivity contribution in [1.82, 2.24) is 4.98 Å². The van der Waals surface area contributed by atoms with Gasteiger partial charge < -0.3 is 19.5 Å². The maximum Gasteiger partial charge on any atom is 0.422 e. The van der Waals surface area contributed by atoms with Gasteiger partial charge in [-0.1, -0.05) is 0 Å². The van der Waals surface area contributed by atoms with Crippen molar-refractivity contribution in [3.8, 4) is 17.4 Å². The summed E-state index contributed by atoms with van der Waals surface area (Å²) in [7, 11) is 2.91. The fraction of sp³-hybridized carbons (Fsp3) is 0.250. The van der Waals surface area contributed by atoms with Crippen molar-refractivity contribution in [2.24, 2.45) is 0 Å². The summed E-state index contributed by atoms with van der Waals surface area (Å²) >= 11 is 0. The number of amides is 1. The molecule has 0 fully saturated rings. The molecule has 25 heavy (non-hydrogen) atoms. The summed E-state index contributed by atoms with van der Waals surface area (Å²) in [6.45, 7) is -1.54. The Labute approximate surface area is 141 Å². The molecule has 6 nitrogen and oxygen atoms in total. The SMILES string of the molecule is COc1ccc(NC(=O)c2cccnc2OCC(F)(F)F)cc1OC. The van der Waals surface area contributed by atoms with Crippen LogP contribution >= 0.6 is 0 Å². The second kappa shape index (κ2) is 7.73. The number of methoxy groups -OCH3 is 2. The van der Waals surface area contributed by atoms with Crippen LogP contribution in [-0.4, -0.2) is 37.9 Å². The molecule has 134 valence electrons. The maximum absolute atomic E-state index is 12.3. The number of nitrogens with one attached hydrogen (secondary N) is 1. The third-order valence-corrected chi connectivity index (χ3v) is 3.03. The lowest BCUT2D eigenvalue weighted by Gasteiger charge is -2.13. The van der Waals surface area contributed by atoms with Crippen molar-refractivity contribution in [1.29, 1.82) is 0 Å². The van der Waals surface area contributed by atoms with E-state index in [1.54, 1.807) is 12.1 Å². The van der Waals surface area contributed by atoms with Crippen LogP contribution in [0.15, 0.2) is 36.5 Å². The van der Waals surface area contributed by atoms with Gasteiger partial charge in [-0.2, -0.15) is 13.2 Å². The fourth-order valence-electron chi connectivity index (χ4n) is 1.94. The second-order valence-electron chi connectivity index (χ2n) is 4.78. The number of carbonyl (C=O) groups excluding carboxylic acids is 1. The smallest absolute Gasteiger partial charge is 0.422 e. The Morgan fingerprint density at radius 2 is 1.88 bits per heavy atom. The maximum atomic E-state index is 12.3. The van der Waals surface area contributed by atoms with E-state index in [2.05, 4.69) is 15.0 Å². The van der Waals surface area contributed by atoms with E-state index in [1.165, 1.54) is 38.6 Å². The Balaban J connectivity index is 2.18. The average molecular weight is 356 g/mol. The minimum atomic E-state index is -4.53. The van der Waals surface area contributed by atoms with Crippen LogP contribution in [0.1, 0.15) is 10.4 Å². The number of carbonyl (C=O) groups is 1. The van der Waals surface area contributed by atoms with E-state index in [0.717, 1.165) is 0 Å². The van der Waals surface area contributed by atoms with Gasteiger partial charge in [-0.05, 0) is 24.3 Å². The minimum absolute atomic E-state index is 0.124. The fourth-order valence-corrected chi connectivity index (χ4v) is 1.94. The Hall–Kier alpha value is -2.97. The highest BCUT2D eigenvalue weighted by molar-refractivity contribution is 6.05. The van der Waals surface area contributed by atoms with Crippen molar-refractivity contribution in [2.75, 3.05) is 26.1 Å². The monoisotopic (exact) mass is 356 g/mol. The number of ether oxygens (including phenoxy) is 3. The Morgan fingerprint density at radius 1 is 1.16 bits per heavy atom. The van der Waals surface area contributed by atoms with E-state index < -0.39 is 24.6 Å². The second-order valence-corrected chi connectivity index (χ2v) is 4.78. The number of aromatic nitrogens is 1. The van der Waals surface area contributed by atoms with Gasteiger partial charge in [-0.3, -0.25) is 4.79 Å². The Morgan fingerprint density at radius 3 is 2.52 bits per heavy atom. The average Bonchev–Trinajstić information content (AvgIpc) is 2.59. The van der Waals surface area contributed by atoms with E-state index in [-0.39, 0.29) is 5.56 Å². The summed E-state index contributed by atoms with van der Waals surface area (Å²) in [5.41, 5.74) is 0.245. The molecule has 2 aromatic rings. The van der Waals surface area contributed by atoms with Crippen molar-refractivity contribution >= 4 is 11.6 Å². The molecule has 0 radical (unpaired) electrons. The van der Waals surface area contributed by atoms with E-state index >= 15 is 0 Å². The first-order chi connectivity index (χ1) is 11.8. The van der Waals surface area contributed by atoms with Gasteiger partial charge in [-0.25, -0.2) is 4.98 Å². The van der Waals surface area contributed by atoms with Crippen LogP contribution < -0.4 is 19.5 Å². The number of hydrogen-bond acceptors (Lipinski definition) is 5. The number of nitrogens with zero attached hydrogens (tertiary/aromatic N) is 1. The lowest BCUT2D eigenvalue weighted by molar-refractivity contribution is -0.154. The van der Waals surface area contributed by atoms with Crippen LogP contribution in [-0.2, 0) is 0 Å². The molecule has 0 saturated carbocycles. The molecule has 2 rings (SSSR count). The summed E-state index contributed by atoms with van der Waals surface area (Å²) < 4.78 is 51.7. The molecular weight excluding hydrogens is 341 g/mol. The standard InChI is InChI=1S/C16H15F3N2O4/c1-23-12-6-5-10(8-13(12)24-2)21-14(22)11-4-3-7-20-15(11)25-9-16(17,18)19/h3-8H,9H2,1-2H3,(H,21,22). The Kier molecular flexibility index (Phi) is 5.68. The molecule has 1 heterocycles. The lowest BCUT2D eigenvalue weighted by atomic mass is 10.2. The van der Waals surface area contributed by atoms with Crippen LogP contribution in [0, 0.1) is 0 Å². The molecule has 1 amide bonds. The predicted octanol–water partition coefficient (Wildman–Crippen LogP) is 3.29. The number of halogens is 3. The molecule has 0 aliphatic carbocycles. The summed E-state index contributed by atoms with van der Waals surface area (Å²) in [5, 5.41) is 2.55. The highest BCUT2D eigenvalue weighted by Gasteiger charge is 2.29. The van der Waals surface area contributed by atoms with Crippen LogP contribution in [0.5, 0.6) is 17.4 Å². The topological polar surface area (TPSA) is 69.7 Å². The molecule has 1 aromatic heterocycles. The molecule has 0 unspecified atom stereocenters. The van der Waals surface area contributed by atoms with Crippen LogP contribution in [0.3, 0.4) is 0 Å². The normalized spacial score (nSPS) is 10.9. The highest BCUT2D eigenvalue weighted by atomic mass is 19.4. The van der Waals surface area contributed by atoms with E-state index in [4.69, 9.17) is 9.47 Å². The third kappa shape index (κ3) is 5.00. The summed E-state index contributed by atoms with van der Waals surface area (Å²) in [6.07, 6.45) is -3.30. The van der Waals surface area contributed by atoms with Crippen LogP contribution in [0.4, 0.5) is 18.9 Å². The van der Waals surface area contributed by atoms with Gasteiger partial charge in [0.25, 0.3) is 5.91 Å². The molecule has 0 bridgehead atoms. The Bertz CT molecular complexity index is 750. The van der Waals surface area contributed by atoms with Crippen molar-refractivity contribution in [3.05, 3.63) is 42.1 Å². The van der Waals surface area contributed by atoms with Gasteiger partial charge >= 0.3 is 6.18 Å². The summed E-state index contributed by atoms with van der Waals surface area (Å²) in [5.74, 6) is -0.216. The number of alkyl halides is 3. The largest absolute Gasteiger partial charge is 0.493 e. The van der Waals surface area contributed by atoms with E-state index in [1.807, 2.05) is 0 Å². The van der Waals surface area contributed by atoms with Crippen LogP contribution in [0.2, 0.25) is 0 Å².